The van der Waals surface area contributed by atoms with Gasteiger partial charge in [0.1, 0.15) is 29.0 Å². The van der Waals surface area contributed by atoms with Crippen molar-refractivity contribution in [2.45, 2.75) is 13.5 Å². The largest absolute Gasteiger partial charge is 0.460 e. The Bertz CT molecular complexity index is 528. The third-order valence-electron chi connectivity index (χ3n) is 2.46. The van der Waals surface area contributed by atoms with E-state index in [4.69, 9.17) is 4.42 Å². The van der Waals surface area contributed by atoms with Crippen molar-refractivity contribution in [1.29, 1.82) is 0 Å². The molecule has 1 aromatic carbocycles. The number of nitrogens with one attached hydrogen (secondary N) is 1. The minimum Gasteiger partial charge on any atom is -0.460 e. The van der Waals surface area contributed by atoms with Gasteiger partial charge in [-0.05, 0) is 18.7 Å². The van der Waals surface area contributed by atoms with Crippen LogP contribution in [0.3, 0.4) is 0 Å². The van der Waals surface area contributed by atoms with Gasteiger partial charge >= 0.3 is 0 Å². The summed E-state index contributed by atoms with van der Waals surface area (Å²) in [6, 6.07) is 4.35. The summed E-state index contributed by atoms with van der Waals surface area (Å²) in [4.78, 5) is 0. The molecule has 0 aliphatic carbocycles. The van der Waals surface area contributed by atoms with Gasteiger partial charge in [0, 0.05) is 12.1 Å². The van der Waals surface area contributed by atoms with Gasteiger partial charge in [0.05, 0.1) is 12.1 Å². The average molecular weight is 255 g/mol. The maximum Gasteiger partial charge on any atom is 0.140 e. The molecule has 0 unspecified atom stereocenters. The molecule has 2 rings (SSSR count). The Morgan fingerprint density at radius 1 is 1.11 bits per heavy atom. The summed E-state index contributed by atoms with van der Waals surface area (Å²) >= 11 is 0. The molecule has 1 N–H and O–H groups in total. The first-order valence-electron chi connectivity index (χ1n) is 5.56. The zero-order valence-corrected chi connectivity index (χ0v) is 9.77. The van der Waals surface area contributed by atoms with Crippen LogP contribution in [0.25, 0.3) is 11.3 Å². The summed E-state index contributed by atoms with van der Waals surface area (Å²) in [6.07, 6.45) is 0. The Morgan fingerprint density at radius 2 is 1.78 bits per heavy atom. The van der Waals surface area contributed by atoms with Gasteiger partial charge in [-0.1, -0.05) is 6.92 Å². The van der Waals surface area contributed by atoms with E-state index in [0.29, 0.717) is 24.4 Å². The molecule has 0 atom stereocenters. The highest BCUT2D eigenvalue weighted by Gasteiger charge is 2.16. The molecule has 0 saturated heterocycles. The van der Waals surface area contributed by atoms with Crippen LogP contribution < -0.4 is 5.32 Å². The van der Waals surface area contributed by atoms with E-state index < -0.39 is 17.5 Å². The number of rotatable bonds is 4. The molecule has 2 aromatic rings. The van der Waals surface area contributed by atoms with Crippen LogP contribution in [-0.2, 0) is 6.54 Å². The number of furan rings is 1. The molecule has 0 saturated carbocycles. The number of halogens is 3. The number of hydrogen-bond acceptors (Lipinski definition) is 2. The molecule has 0 spiro atoms. The Hall–Kier alpha value is -1.75. The van der Waals surface area contributed by atoms with E-state index in [1.54, 1.807) is 6.07 Å². The fraction of sp³-hybridized carbons (Fsp3) is 0.231. The monoisotopic (exact) mass is 255 g/mol. The van der Waals surface area contributed by atoms with Gasteiger partial charge < -0.3 is 9.73 Å². The van der Waals surface area contributed by atoms with Crippen LogP contribution in [0.4, 0.5) is 13.2 Å². The second-order valence-electron chi connectivity index (χ2n) is 3.79. The highest BCUT2D eigenvalue weighted by molar-refractivity contribution is 5.59. The molecule has 0 bridgehead atoms. The maximum atomic E-state index is 13.5. The third kappa shape index (κ3) is 2.56. The first kappa shape index (κ1) is 12.7. The normalized spacial score (nSPS) is 10.9. The zero-order chi connectivity index (χ0) is 13.1. The van der Waals surface area contributed by atoms with Crippen molar-refractivity contribution < 1.29 is 17.6 Å². The second-order valence-corrected chi connectivity index (χ2v) is 3.79. The first-order chi connectivity index (χ1) is 8.61. The molecule has 96 valence electrons. The van der Waals surface area contributed by atoms with Gasteiger partial charge in [-0.25, -0.2) is 13.2 Å². The van der Waals surface area contributed by atoms with Crippen molar-refractivity contribution in [1.82, 2.24) is 5.32 Å². The topological polar surface area (TPSA) is 25.2 Å². The molecule has 1 heterocycles. The van der Waals surface area contributed by atoms with Crippen molar-refractivity contribution in [3.05, 3.63) is 47.5 Å². The Kier molecular flexibility index (Phi) is 3.72. The van der Waals surface area contributed by atoms with Gasteiger partial charge in [0.2, 0.25) is 0 Å². The van der Waals surface area contributed by atoms with E-state index in [1.807, 2.05) is 6.92 Å². The summed E-state index contributed by atoms with van der Waals surface area (Å²) in [5.41, 5.74) is -0.348. The smallest absolute Gasteiger partial charge is 0.140 e. The predicted molar refractivity (Wildman–Crippen MR) is 61.4 cm³/mol. The Labute approximate surface area is 102 Å². The van der Waals surface area contributed by atoms with Crippen molar-refractivity contribution in [2.24, 2.45) is 0 Å². The summed E-state index contributed by atoms with van der Waals surface area (Å²) in [7, 11) is 0. The SMILES string of the molecule is CCNCc1ccc(-c2c(F)cc(F)cc2F)o1. The van der Waals surface area contributed by atoms with Crippen molar-refractivity contribution >= 4 is 0 Å². The van der Waals surface area contributed by atoms with E-state index in [0.717, 1.165) is 6.54 Å². The summed E-state index contributed by atoms with van der Waals surface area (Å²) in [6.45, 7) is 3.17. The lowest BCUT2D eigenvalue weighted by atomic mass is 10.1. The summed E-state index contributed by atoms with van der Waals surface area (Å²) in [5.74, 6) is -2.28. The maximum absolute atomic E-state index is 13.5. The molecule has 2 nitrogen and oxygen atoms in total. The Morgan fingerprint density at radius 3 is 2.39 bits per heavy atom. The number of benzene rings is 1. The van der Waals surface area contributed by atoms with Gasteiger partial charge in [0.15, 0.2) is 0 Å². The molecular formula is C13H12F3NO. The van der Waals surface area contributed by atoms with E-state index in [2.05, 4.69) is 5.32 Å². The van der Waals surface area contributed by atoms with Crippen molar-refractivity contribution in [3.8, 4) is 11.3 Å². The van der Waals surface area contributed by atoms with Gasteiger partial charge in [-0.3, -0.25) is 0 Å². The van der Waals surface area contributed by atoms with E-state index in [-0.39, 0.29) is 11.3 Å². The van der Waals surface area contributed by atoms with Crippen LogP contribution in [0.5, 0.6) is 0 Å². The van der Waals surface area contributed by atoms with Crippen LogP contribution in [0, 0.1) is 17.5 Å². The van der Waals surface area contributed by atoms with Gasteiger partial charge in [-0.2, -0.15) is 0 Å². The lowest BCUT2D eigenvalue weighted by Gasteiger charge is -2.02. The van der Waals surface area contributed by atoms with E-state index in [9.17, 15) is 13.2 Å². The summed E-state index contributed by atoms with van der Waals surface area (Å²) < 4.78 is 45.1. The Balaban J connectivity index is 2.34. The average Bonchev–Trinajstić information content (AvgIpc) is 2.73. The van der Waals surface area contributed by atoms with Crippen LogP contribution in [0.15, 0.2) is 28.7 Å². The van der Waals surface area contributed by atoms with Crippen LogP contribution in [-0.4, -0.2) is 6.54 Å². The predicted octanol–water partition coefficient (Wildman–Crippen LogP) is 3.47. The van der Waals surface area contributed by atoms with Crippen molar-refractivity contribution in [3.63, 3.8) is 0 Å². The van der Waals surface area contributed by atoms with Crippen LogP contribution in [0.1, 0.15) is 12.7 Å². The van der Waals surface area contributed by atoms with E-state index >= 15 is 0 Å². The standard InChI is InChI=1S/C13H12F3NO/c1-2-17-7-9-3-4-12(18-9)13-10(15)5-8(14)6-11(13)16/h3-6,17H,2,7H2,1H3. The van der Waals surface area contributed by atoms with Crippen molar-refractivity contribution in [2.75, 3.05) is 6.54 Å². The van der Waals surface area contributed by atoms with Gasteiger partial charge in [-0.15, -0.1) is 0 Å². The highest BCUT2D eigenvalue weighted by atomic mass is 19.1. The van der Waals surface area contributed by atoms with Crippen LogP contribution >= 0.6 is 0 Å². The molecule has 0 amide bonds. The first-order valence-corrected chi connectivity index (χ1v) is 5.56. The van der Waals surface area contributed by atoms with E-state index in [1.165, 1.54) is 6.07 Å². The molecule has 5 heteroatoms. The molecule has 0 aliphatic rings. The summed E-state index contributed by atoms with van der Waals surface area (Å²) in [5, 5.41) is 3.03. The molecule has 0 aliphatic heterocycles. The molecule has 0 fully saturated rings. The van der Waals surface area contributed by atoms with Gasteiger partial charge in [0.25, 0.3) is 0 Å². The lowest BCUT2D eigenvalue weighted by molar-refractivity contribution is 0.486. The third-order valence-corrected chi connectivity index (χ3v) is 2.46. The fourth-order valence-corrected chi connectivity index (χ4v) is 1.63. The fourth-order valence-electron chi connectivity index (χ4n) is 1.63. The van der Waals surface area contributed by atoms with Crippen LogP contribution in [0.2, 0.25) is 0 Å². The molecular weight excluding hydrogens is 243 g/mol. The second kappa shape index (κ2) is 5.27. The lowest BCUT2D eigenvalue weighted by Crippen LogP contribution is -2.10. The quantitative estimate of drug-likeness (QED) is 0.904. The molecule has 18 heavy (non-hydrogen) atoms. The minimum absolute atomic E-state index is 0.0536. The number of hydrogen-bond donors (Lipinski definition) is 1. The zero-order valence-electron chi connectivity index (χ0n) is 9.77. The molecule has 0 radical (unpaired) electrons. The highest BCUT2D eigenvalue weighted by Crippen LogP contribution is 2.28. The molecule has 1 aromatic heterocycles. The minimum atomic E-state index is -0.975.